The summed E-state index contributed by atoms with van der Waals surface area (Å²) in [6, 6.07) is 8.46. The van der Waals surface area contributed by atoms with E-state index in [1.165, 1.54) is 23.5 Å². The summed E-state index contributed by atoms with van der Waals surface area (Å²) in [5.41, 5.74) is 1.19. The SMILES string of the molecule is Cc1sc(NS(=O)(=O)c2cccc(Br)c2)c(C#N)c1C. The van der Waals surface area contributed by atoms with Crippen LogP contribution in [0.2, 0.25) is 0 Å². The second-order valence-electron chi connectivity index (χ2n) is 4.16. The van der Waals surface area contributed by atoms with Gasteiger partial charge in [-0.2, -0.15) is 5.26 Å². The van der Waals surface area contributed by atoms with Crippen molar-refractivity contribution >= 4 is 42.3 Å². The molecule has 20 heavy (non-hydrogen) atoms. The summed E-state index contributed by atoms with van der Waals surface area (Å²) in [7, 11) is -3.69. The Morgan fingerprint density at radius 1 is 1.35 bits per heavy atom. The Hall–Kier alpha value is -1.36. The third-order valence-electron chi connectivity index (χ3n) is 2.83. The number of anilines is 1. The quantitative estimate of drug-likeness (QED) is 0.892. The van der Waals surface area contributed by atoms with Crippen LogP contribution in [-0.2, 0) is 10.0 Å². The molecule has 0 atom stereocenters. The largest absolute Gasteiger partial charge is 0.269 e. The molecule has 0 aliphatic rings. The normalized spacial score (nSPS) is 11.1. The van der Waals surface area contributed by atoms with Crippen LogP contribution in [0.5, 0.6) is 0 Å². The molecule has 0 radical (unpaired) electrons. The van der Waals surface area contributed by atoms with Crippen LogP contribution in [0.3, 0.4) is 0 Å². The molecule has 0 fully saturated rings. The van der Waals surface area contributed by atoms with Gasteiger partial charge >= 0.3 is 0 Å². The van der Waals surface area contributed by atoms with Crippen molar-refractivity contribution in [2.45, 2.75) is 18.7 Å². The fourth-order valence-electron chi connectivity index (χ4n) is 1.65. The number of hydrogen-bond donors (Lipinski definition) is 1. The lowest BCUT2D eigenvalue weighted by Gasteiger charge is -2.07. The predicted molar refractivity (Wildman–Crippen MR) is 83.5 cm³/mol. The Morgan fingerprint density at radius 2 is 2.05 bits per heavy atom. The predicted octanol–water partition coefficient (Wildman–Crippen LogP) is 3.80. The zero-order valence-electron chi connectivity index (χ0n) is 10.8. The van der Waals surface area contributed by atoms with Gasteiger partial charge in [0.2, 0.25) is 0 Å². The standard InChI is InChI=1S/C13H11BrN2O2S2/c1-8-9(2)19-13(12(8)7-15)16-20(17,18)11-5-3-4-10(14)6-11/h3-6,16H,1-2H3. The summed E-state index contributed by atoms with van der Waals surface area (Å²) in [5, 5.41) is 9.50. The second-order valence-corrected chi connectivity index (χ2v) is 7.98. The number of aryl methyl sites for hydroxylation is 1. The molecule has 104 valence electrons. The van der Waals surface area contributed by atoms with Crippen molar-refractivity contribution in [2.75, 3.05) is 4.72 Å². The number of benzene rings is 1. The number of thiophene rings is 1. The molecule has 0 unspecified atom stereocenters. The van der Waals surface area contributed by atoms with E-state index in [4.69, 9.17) is 5.26 Å². The Bertz CT molecular complexity index is 804. The Balaban J connectivity index is 2.44. The van der Waals surface area contributed by atoms with E-state index in [1.54, 1.807) is 19.1 Å². The monoisotopic (exact) mass is 370 g/mol. The van der Waals surface area contributed by atoms with Crippen molar-refractivity contribution in [3.63, 3.8) is 0 Å². The molecule has 0 aliphatic carbocycles. The first-order chi connectivity index (χ1) is 9.35. The molecule has 0 amide bonds. The Morgan fingerprint density at radius 3 is 2.65 bits per heavy atom. The van der Waals surface area contributed by atoms with Crippen LogP contribution in [0, 0.1) is 25.2 Å². The highest BCUT2D eigenvalue weighted by Crippen LogP contribution is 2.33. The lowest BCUT2D eigenvalue weighted by molar-refractivity contribution is 0.601. The molecule has 0 saturated carbocycles. The summed E-state index contributed by atoms with van der Waals surface area (Å²) < 4.78 is 27.8. The lowest BCUT2D eigenvalue weighted by Crippen LogP contribution is -2.12. The minimum Gasteiger partial charge on any atom is -0.269 e. The van der Waals surface area contributed by atoms with E-state index in [0.29, 0.717) is 15.0 Å². The number of nitrogens with zero attached hydrogens (tertiary/aromatic N) is 1. The first-order valence-corrected chi connectivity index (χ1v) is 8.73. The number of rotatable bonds is 3. The average molecular weight is 371 g/mol. The average Bonchev–Trinajstić information content (AvgIpc) is 2.63. The van der Waals surface area contributed by atoms with Crippen molar-refractivity contribution in [3.8, 4) is 6.07 Å². The van der Waals surface area contributed by atoms with Gasteiger partial charge in [-0.3, -0.25) is 4.72 Å². The molecule has 0 aliphatic heterocycles. The zero-order chi connectivity index (χ0) is 14.9. The van der Waals surface area contributed by atoms with Crippen molar-refractivity contribution in [3.05, 3.63) is 44.7 Å². The second kappa shape index (κ2) is 5.56. The maximum absolute atomic E-state index is 12.3. The van der Waals surface area contributed by atoms with Gasteiger partial charge in [0.25, 0.3) is 10.0 Å². The molecule has 2 aromatic rings. The van der Waals surface area contributed by atoms with E-state index in [9.17, 15) is 8.42 Å². The van der Waals surface area contributed by atoms with E-state index in [1.807, 2.05) is 13.0 Å². The van der Waals surface area contributed by atoms with E-state index in [-0.39, 0.29) is 4.90 Å². The van der Waals surface area contributed by atoms with Gasteiger partial charge in [0.05, 0.1) is 10.5 Å². The van der Waals surface area contributed by atoms with E-state index in [0.717, 1.165) is 10.4 Å². The van der Waals surface area contributed by atoms with Crippen LogP contribution in [0.4, 0.5) is 5.00 Å². The Labute approximate surface area is 130 Å². The molecule has 0 spiro atoms. The van der Waals surface area contributed by atoms with Crippen molar-refractivity contribution in [1.82, 2.24) is 0 Å². The zero-order valence-corrected chi connectivity index (χ0v) is 14.0. The van der Waals surface area contributed by atoms with Gasteiger partial charge < -0.3 is 0 Å². The van der Waals surface area contributed by atoms with Gasteiger partial charge in [-0.05, 0) is 37.6 Å². The minimum atomic E-state index is -3.69. The van der Waals surface area contributed by atoms with Gasteiger partial charge in [0.1, 0.15) is 11.1 Å². The van der Waals surface area contributed by atoms with E-state index < -0.39 is 10.0 Å². The summed E-state index contributed by atoms with van der Waals surface area (Å²) >= 11 is 4.51. The topological polar surface area (TPSA) is 70.0 Å². The molecule has 2 rings (SSSR count). The third-order valence-corrected chi connectivity index (χ3v) is 5.92. The maximum Gasteiger partial charge on any atom is 0.262 e. The molecule has 1 aromatic heterocycles. The van der Waals surface area contributed by atoms with E-state index >= 15 is 0 Å². The van der Waals surface area contributed by atoms with Crippen LogP contribution in [0.1, 0.15) is 16.0 Å². The molecule has 1 N–H and O–H groups in total. The minimum absolute atomic E-state index is 0.152. The number of hydrogen-bond acceptors (Lipinski definition) is 4. The Kier molecular flexibility index (Phi) is 4.18. The van der Waals surface area contributed by atoms with Gasteiger partial charge in [-0.25, -0.2) is 8.42 Å². The maximum atomic E-state index is 12.3. The van der Waals surface area contributed by atoms with Crippen molar-refractivity contribution in [1.29, 1.82) is 5.26 Å². The smallest absolute Gasteiger partial charge is 0.262 e. The number of nitrogens with one attached hydrogen (secondary N) is 1. The van der Waals surface area contributed by atoms with Crippen LogP contribution >= 0.6 is 27.3 Å². The molecule has 0 saturated heterocycles. The number of halogens is 1. The number of sulfonamides is 1. The first-order valence-electron chi connectivity index (χ1n) is 5.63. The molecule has 7 heteroatoms. The highest BCUT2D eigenvalue weighted by atomic mass is 79.9. The van der Waals surface area contributed by atoms with Crippen LogP contribution < -0.4 is 4.72 Å². The molecule has 0 bridgehead atoms. The molecular formula is C13H11BrN2O2S2. The summed E-state index contributed by atoms with van der Waals surface area (Å²) in [4.78, 5) is 1.08. The highest BCUT2D eigenvalue weighted by Gasteiger charge is 2.20. The molecule has 4 nitrogen and oxygen atoms in total. The number of nitriles is 1. The molecule has 1 heterocycles. The molecular weight excluding hydrogens is 360 g/mol. The van der Waals surface area contributed by atoms with Crippen molar-refractivity contribution in [2.24, 2.45) is 0 Å². The first kappa shape index (κ1) is 15.0. The fraction of sp³-hybridized carbons (Fsp3) is 0.154. The van der Waals surface area contributed by atoms with Crippen molar-refractivity contribution < 1.29 is 8.42 Å². The van der Waals surface area contributed by atoms with E-state index in [2.05, 4.69) is 20.7 Å². The third kappa shape index (κ3) is 2.87. The summed E-state index contributed by atoms with van der Waals surface area (Å²) in [6.45, 7) is 3.67. The molecule has 1 aromatic carbocycles. The van der Waals surface area contributed by atoms with Gasteiger partial charge in [0, 0.05) is 9.35 Å². The van der Waals surface area contributed by atoms with Crippen LogP contribution in [0.15, 0.2) is 33.6 Å². The highest BCUT2D eigenvalue weighted by molar-refractivity contribution is 9.10. The van der Waals surface area contributed by atoms with Gasteiger partial charge in [-0.15, -0.1) is 11.3 Å². The van der Waals surface area contributed by atoms with Gasteiger partial charge in [-0.1, -0.05) is 22.0 Å². The van der Waals surface area contributed by atoms with Crippen LogP contribution in [-0.4, -0.2) is 8.42 Å². The lowest BCUT2D eigenvalue weighted by atomic mass is 10.2. The van der Waals surface area contributed by atoms with Gasteiger partial charge in [0.15, 0.2) is 0 Å². The summed E-state index contributed by atoms with van der Waals surface area (Å²) in [5.74, 6) is 0. The fourth-order valence-corrected chi connectivity index (χ4v) is 4.56. The summed E-state index contributed by atoms with van der Waals surface area (Å²) in [6.07, 6.45) is 0. The van der Waals surface area contributed by atoms with Crippen LogP contribution in [0.25, 0.3) is 0 Å².